The van der Waals surface area contributed by atoms with E-state index in [1.807, 2.05) is 6.07 Å². The Morgan fingerprint density at radius 2 is 2.00 bits per heavy atom. The number of fused-ring (bicyclic) bond motifs is 5. The van der Waals surface area contributed by atoms with Crippen molar-refractivity contribution in [3.63, 3.8) is 0 Å². The number of benzene rings is 1. The molecular weight excluding hydrogens is 318 g/mol. The van der Waals surface area contributed by atoms with Gasteiger partial charge in [0.25, 0.3) is 0 Å². The van der Waals surface area contributed by atoms with Gasteiger partial charge in [0.15, 0.2) is 0 Å². The molecule has 4 atom stereocenters. The molecule has 3 aliphatic carbocycles. The summed E-state index contributed by atoms with van der Waals surface area (Å²) < 4.78 is 0.888. The second-order valence-corrected chi connectivity index (χ2v) is 7.36. The maximum Gasteiger partial charge on any atom is 0.335 e. The molecule has 4 heteroatoms. The van der Waals surface area contributed by atoms with Crippen molar-refractivity contribution in [2.24, 2.45) is 23.7 Å². The van der Waals surface area contributed by atoms with Crippen LogP contribution in [0.2, 0.25) is 0 Å². The van der Waals surface area contributed by atoms with E-state index in [2.05, 4.69) is 21.2 Å². The third kappa shape index (κ3) is 1.92. The van der Waals surface area contributed by atoms with Gasteiger partial charge < -0.3 is 10.4 Å². The van der Waals surface area contributed by atoms with Gasteiger partial charge in [0.1, 0.15) is 0 Å². The molecule has 3 saturated carbocycles. The Labute approximate surface area is 126 Å². The number of carbonyl (C=O) groups is 1. The van der Waals surface area contributed by atoms with E-state index in [0.29, 0.717) is 11.6 Å². The number of hydrogen-bond donors (Lipinski definition) is 2. The molecule has 1 aromatic rings. The fourth-order valence-electron chi connectivity index (χ4n) is 4.65. The highest BCUT2D eigenvalue weighted by molar-refractivity contribution is 9.10. The molecule has 0 amide bonds. The summed E-state index contributed by atoms with van der Waals surface area (Å²) in [6, 6.07) is 6.00. The number of carboxylic acid groups (broad SMARTS) is 1. The first-order valence-electron chi connectivity index (χ1n) is 7.40. The molecule has 0 radical (unpaired) electrons. The van der Waals surface area contributed by atoms with Crippen molar-refractivity contribution >= 4 is 21.9 Å². The maximum atomic E-state index is 10.9. The smallest absolute Gasteiger partial charge is 0.335 e. The first-order chi connectivity index (χ1) is 9.65. The van der Waals surface area contributed by atoms with Crippen LogP contribution in [0.3, 0.4) is 0 Å². The van der Waals surface area contributed by atoms with Gasteiger partial charge >= 0.3 is 5.97 Å². The van der Waals surface area contributed by atoms with Gasteiger partial charge in [-0.3, -0.25) is 0 Å². The molecule has 2 N–H and O–H groups in total. The standard InChI is InChI=1S/C16H18BrNO2/c17-12-6-10(16(19)20)3-4-11(12)7-18-15-13-8-1-2-9(5-8)14(13)15/h3-4,6,8-9,13-15,18H,1-2,5,7H2,(H,19,20). The van der Waals surface area contributed by atoms with Crippen LogP contribution in [0.25, 0.3) is 0 Å². The number of nitrogens with one attached hydrogen (secondary N) is 1. The molecule has 0 aromatic heterocycles. The maximum absolute atomic E-state index is 10.9. The van der Waals surface area contributed by atoms with Gasteiger partial charge in [0.2, 0.25) is 0 Å². The lowest BCUT2D eigenvalue weighted by atomic mass is 10.0. The van der Waals surface area contributed by atoms with E-state index in [0.717, 1.165) is 40.3 Å². The molecule has 0 heterocycles. The average Bonchev–Trinajstić information content (AvgIpc) is 2.81. The van der Waals surface area contributed by atoms with Gasteiger partial charge in [-0.25, -0.2) is 4.79 Å². The molecule has 0 spiro atoms. The van der Waals surface area contributed by atoms with Crippen LogP contribution >= 0.6 is 15.9 Å². The Balaban J connectivity index is 1.40. The molecule has 3 fully saturated rings. The van der Waals surface area contributed by atoms with Gasteiger partial charge in [0.05, 0.1) is 5.56 Å². The van der Waals surface area contributed by atoms with Gasteiger partial charge in [-0.05, 0) is 60.6 Å². The minimum Gasteiger partial charge on any atom is -0.478 e. The highest BCUT2D eigenvalue weighted by Crippen LogP contribution is 2.65. The molecule has 4 unspecified atom stereocenters. The van der Waals surface area contributed by atoms with E-state index in [4.69, 9.17) is 5.11 Å². The lowest BCUT2D eigenvalue weighted by Gasteiger charge is -2.11. The molecule has 2 bridgehead atoms. The summed E-state index contributed by atoms with van der Waals surface area (Å²) >= 11 is 3.48. The van der Waals surface area contributed by atoms with E-state index >= 15 is 0 Å². The van der Waals surface area contributed by atoms with Crippen molar-refractivity contribution in [1.82, 2.24) is 5.32 Å². The molecule has 1 aromatic carbocycles. The minimum absolute atomic E-state index is 0.335. The van der Waals surface area contributed by atoms with Gasteiger partial charge in [-0.2, -0.15) is 0 Å². The van der Waals surface area contributed by atoms with Crippen LogP contribution in [0.1, 0.15) is 35.2 Å². The van der Waals surface area contributed by atoms with Crippen molar-refractivity contribution in [2.75, 3.05) is 0 Å². The topological polar surface area (TPSA) is 49.3 Å². The summed E-state index contributed by atoms with van der Waals surface area (Å²) in [6.45, 7) is 0.831. The first kappa shape index (κ1) is 12.8. The summed E-state index contributed by atoms with van der Waals surface area (Å²) in [5.41, 5.74) is 1.48. The van der Waals surface area contributed by atoms with Crippen molar-refractivity contribution in [1.29, 1.82) is 0 Å². The molecule has 3 aliphatic rings. The summed E-state index contributed by atoms with van der Waals surface area (Å²) in [5.74, 6) is 2.97. The van der Waals surface area contributed by atoms with E-state index in [1.54, 1.807) is 12.1 Å². The predicted molar refractivity (Wildman–Crippen MR) is 79.5 cm³/mol. The highest BCUT2D eigenvalue weighted by Gasteiger charge is 2.64. The second kappa shape index (κ2) is 4.57. The lowest BCUT2D eigenvalue weighted by Crippen LogP contribution is -2.22. The van der Waals surface area contributed by atoms with Crippen LogP contribution in [0, 0.1) is 23.7 Å². The van der Waals surface area contributed by atoms with E-state index in [9.17, 15) is 4.79 Å². The number of aromatic carboxylic acids is 1. The summed E-state index contributed by atoms with van der Waals surface area (Å²) in [7, 11) is 0. The Hall–Kier alpha value is -0.870. The highest BCUT2D eigenvalue weighted by atomic mass is 79.9. The van der Waals surface area contributed by atoms with Crippen molar-refractivity contribution in [3.8, 4) is 0 Å². The molecule has 0 saturated heterocycles. The fourth-order valence-corrected chi connectivity index (χ4v) is 5.17. The summed E-state index contributed by atoms with van der Waals surface area (Å²) in [6.07, 6.45) is 4.37. The summed E-state index contributed by atoms with van der Waals surface area (Å²) in [5, 5.41) is 12.7. The Morgan fingerprint density at radius 3 is 2.60 bits per heavy atom. The molecule has 20 heavy (non-hydrogen) atoms. The second-order valence-electron chi connectivity index (χ2n) is 6.51. The number of halogens is 1. The Kier molecular flexibility index (Phi) is 2.93. The zero-order valence-corrected chi connectivity index (χ0v) is 12.8. The van der Waals surface area contributed by atoms with E-state index < -0.39 is 5.97 Å². The third-order valence-corrected chi connectivity index (χ3v) is 6.30. The van der Waals surface area contributed by atoms with Crippen LogP contribution in [0.4, 0.5) is 0 Å². The largest absolute Gasteiger partial charge is 0.478 e. The first-order valence-corrected chi connectivity index (χ1v) is 8.19. The monoisotopic (exact) mass is 335 g/mol. The van der Waals surface area contributed by atoms with Gasteiger partial charge in [-0.1, -0.05) is 22.0 Å². The van der Waals surface area contributed by atoms with Crippen molar-refractivity contribution in [2.45, 2.75) is 31.8 Å². The number of carboxylic acids is 1. The van der Waals surface area contributed by atoms with E-state index in [-0.39, 0.29) is 0 Å². The fraction of sp³-hybridized carbons (Fsp3) is 0.562. The lowest BCUT2D eigenvalue weighted by molar-refractivity contribution is 0.0697. The zero-order valence-electron chi connectivity index (χ0n) is 11.2. The van der Waals surface area contributed by atoms with E-state index in [1.165, 1.54) is 19.3 Å². The third-order valence-electron chi connectivity index (χ3n) is 5.56. The quantitative estimate of drug-likeness (QED) is 0.887. The SMILES string of the molecule is O=C(O)c1ccc(CNC2C3C4CCC(C4)C23)c(Br)c1. The summed E-state index contributed by atoms with van der Waals surface area (Å²) in [4.78, 5) is 10.9. The molecular formula is C16H18BrNO2. The van der Waals surface area contributed by atoms with Crippen molar-refractivity contribution in [3.05, 3.63) is 33.8 Å². The van der Waals surface area contributed by atoms with Crippen LogP contribution in [0.15, 0.2) is 22.7 Å². The Morgan fingerprint density at radius 1 is 1.30 bits per heavy atom. The average molecular weight is 336 g/mol. The van der Waals surface area contributed by atoms with Gasteiger partial charge in [-0.15, -0.1) is 0 Å². The predicted octanol–water partition coefficient (Wildman–Crippen LogP) is 3.28. The Bertz CT molecular complexity index is 558. The van der Waals surface area contributed by atoms with Crippen LogP contribution < -0.4 is 5.32 Å². The molecule has 3 nitrogen and oxygen atoms in total. The zero-order chi connectivity index (χ0) is 13.9. The van der Waals surface area contributed by atoms with Crippen LogP contribution in [-0.4, -0.2) is 17.1 Å². The molecule has 0 aliphatic heterocycles. The molecule has 4 rings (SSSR count). The van der Waals surface area contributed by atoms with Crippen LogP contribution in [0.5, 0.6) is 0 Å². The normalized spacial score (nSPS) is 37.0. The van der Waals surface area contributed by atoms with Gasteiger partial charge in [0, 0.05) is 17.1 Å². The molecule has 106 valence electrons. The van der Waals surface area contributed by atoms with Crippen LogP contribution in [-0.2, 0) is 6.54 Å². The number of rotatable bonds is 4. The number of hydrogen-bond acceptors (Lipinski definition) is 2. The minimum atomic E-state index is -0.876. The van der Waals surface area contributed by atoms with Crippen molar-refractivity contribution < 1.29 is 9.90 Å².